The molecule has 0 unspecified atom stereocenters. The molecule has 1 aromatic rings. The van der Waals surface area contributed by atoms with Gasteiger partial charge in [-0.05, 0) is 64.7 Å². The van der Waals surface area contributed by atoms with Crippen LogP contribution in [-0.4, -0.2) is 31.5 Å². The molecule has 5 heteroatoms. The highest BCUT2D eigenvalue weighted by molar-refractivity contribution is 6.62. The van der Waals surface area contributed by atoms with E-state index in [-0.39, 0.29) is 18.3 Å². The Morgan fingerprint density at radius 2 is 1.57 bits per heavy atom. The van der Waals surface area contributed by atoms with E-state index in [4.69, 9.17) is 19.8 Å². The molecule has 4 nitrogen and oxygen atoms in total. The molecule has 0 aliphatic carbocycles. The molecule has 2 rings (SSSR count). The van der Waals surface area contributed by atoms with Gasteiger partial charge in [0.05, 0.1) is 17.8 Å². The monoisotopic (exact) mass is 291 g/mol. The minimum Gasteiger partial charge on any atom is -0.494 e. The van der Waals surface area contributed by atoms with Gasteiger partial charge >= 0.3 is 7.12 Å². The summed E-state index contributed by atoms with van der Waals surface area (Å²) in [4.78, 5) is 0. The molecule has 1 heterocycles. The van der Waals surface area contributed by atoms with E-state index in [1.807, 2.05) is 24.3 Å². The van der Waals surface area contributed by atoms with Gasteiger partial charge < -0.3 is 19.8 Å². The van der Waals surface area contributed by atoms with E-state index in [0.29, 0.717) is 13.2 Å². The van der Waals surface area contributed by atoms with Gasteiger partial charge in [-0.1, -0.05) is 12.1 Å². The van der Waals surface area contributed by atoms with Gasteiger partial charge in [-0.15, -0.1) is 0 Å². The van der Waals surface area contributed by atoms with Gasteiger partial charge in [0.25, 0.3) is 0 Å². The molecule has 21 heavy (non-hydrogen) atoms. The van der Waals surface area contributed by atoms with Crippen LogP contribution in [0, 0.1) is 0 Å². The first-order chi connectivity index (χ1) is 9.86. The second kappa shape index (κ2) is 6.38. The van der Waals surface area contributed by atoms with Crippen molar-refractivity contribution in [1.82, 2.24) is 0 Å². The summed E-state index contributed by atoms with van der Waals surface area (Å²) in [7, 11) is -0.318. The summed E-state index contributed by atoms with van der Waals surface area (Å²) >= 11 is 0. The highest BCUT2D eigenvalue weighted by atomic mass is 16.7. The van der Waals surface area contributed by atoms with E-state index in [2.05, 4.69) is 27.7 Å². The maximum atomic E-state index is 6.03. The summed E-state index contributed by atoms with van der Waals surface area (Å²) in [5, 5.41) is 0. The molecule has 0 spiro atoms. The molecule has 0 amide bonds. The van der Waals surface area contributed by atoms with E-state index in [1.165, 1.54) is 0 Å². The SMILES string of the molecule is CC1(C)OB(c2ccc(OCCCCN)cc2)OC1(C)C. The molecule has 1 fully saturated rings. The standard InChI is InChI=1S/C16H26BNO3/c1-15(2)16(3,4)21-17(20-15)13-7-9-14(10-8-13)19-12-6-5-11-18/h7-10H,5-6,11-12,18H2,1-4H3. The Bertz CT molecular complexity index is 443. The molecule has 116 valence electrons. The van der Waals surface area contributed by atoms with Crippen molar-refractivity contribution in [2.75, 3.05) is 13.2 Å². The van der Waals surface area contributed by atoms with Crippen molar-refractivity contribution in [1.29, 1.82) is 0 Å². The quantitative estimate of drug-likeness (QED) is 0.644. The Morgan fingerprint density at radius 3 is 2.10 bits per heavy atom. The van der Waals surface area contributed by atoms with Crippen molar-refractivity contribution in [3.05, 3.63) is 24.3 Å². The average molecular weight is 291 g/mol. The third-order valence-electron chi connectivity index (χ3n) is 4.27. The minimum atomic E-state index is -0.318. The zero-order valence-corrected chi connectivity index (χ0v) is 13.5. The number of hydrogen-bond donors (Lipinski definition) is 1. The molecule has 1 aromatic carbocycles. The third-order valence-corrected chi connectivity index (χ3v) is 4.27. The second-order valence-electron chi connectivity index (χ2n) is 6.50. The van der Waals surface area contributed by atoms with Gasteiger partial charge in [0.1, 0.15) is 5.75 Å². The predicted molar refractivity (Wildman–Crippen MR) is 85.9 cm³/mol. The van der Waals surface area contributed by atoms with E-state index < -0.39 is 0 Å². The topological polar surface area (TPSA) is 53.7 Å². The molecule has 1 aliphatic heterocycles. The maximum Gasteiger partial charge on any atom is 0.494 e. The average Bonchev–Trinajstić information content (AvgIpc) is 2.64. The third kappa shape index (κ3) is 3.79. The van der Waals surface area contributed by atoms with Gasteiger partial charge in [-0.2, -0.15) is 0 Å². The Morgan fingerprint density at radius 1 is 1.00 bits per heavy atom. The molecule has 0 atom stereocenters. The maximum absolute atomic E-state index is 6.03. The number of unbranched alkanes of at least 4 members (excludes halogenated alkanes) is 1. The van der Waals surface area contributed by atoms with Crippen LogP contribution in [0.15, 0.2) is 24.3 Å². The van der Waals surface area contributed by atoms with Crippen LogP contribution in [0.1, 0.15) is 40.5 Å². The summed E-state index contributed by atoms with van der Waals surface area (Å²) in [5.41, 5.74) is 5.85. The predicted octanol–water partition coefficient (Wildman–Crippen LogP) is 2.10. The highest BCUT2D eigenvalue weighted by Gasteiger charge is 2.51. The van der Waals surface area contributed by atoms with Gasteiger partial charge in [0.15, 0.2) is 0 Å². The van der Waals surface area contributed by atoms with Crippen LogP contribution in [0.4, 0.5) is 0 Å². The Labute approximate surface area is 128 Å². The molecule has 0 aromatic heterocycles. The first-order valence-electron chi connectivity index (χ1n) is 7.64. The normalized spacial score (nSPS) is 19.8. The lowest BCUT2D eigenvalue weighted by Gasteiger charge is -2.32. The molecule has 0 radical (unpaired) electrons. The molecular formula is C16H26BNO3. The fourth-order valence-corrected chi connectivity index (χ4v) is 2.14. The van der Waals surface area contributed by atoms with Crippen molar-refractivity contribution in [3.8, 4) is 5.75 Å². The molecule has 2 N–H and O–H groups in total. The van der Waals surface area contributed by atoms with Crippen molar-refractivity contribution in [2.45, 2.75) is 51.7 Å². The van der Waals surface area contributed by atoms with E-state index in [1.54, 1.807) is 0 Å². The summed E-state index contributed by atoms with van der Waals surface area (Å²) in [6.45, 7) is 9.64. The lowest BCUT2D eigenvalue weighted by molar-refractivity contribution is 0.00578. The van der Waals surface area contributed by atoms with Crippen LogP contribution in [0.5, 0.6) is 5.75 Å². The Balaban J connectivity index is 1.94. The van der Waals surface area contributed by atoms with Crippen molar-refractivity contribution in [3.63, 3.8) is 0 Å². The van der Waals surface area contributed by atoms with Crippen LogP contribution in [-0.2, 0) is 9.31 Å². The van der Waals surface area contributed by atoms with Gasteiger partial charge in [-0.25, -0.2) is 0 Å². The molecular weight excluding hydrogens is 265 g/mol. The fourth-order valence-electron chi connectivity index (χ4n) is 2.14. The Kier molecular flexibility index (Phi) is 4.97. The fraction of sp³-hybridized carbons (Fsp3) is 0.625. The number of rotatable bonds is 6. The van der Waals surface area contributed by atoms with E-state index >= 15 is 0 Å². The number of benzene rings is 1. The van der Waals surface area contributed by atoms with Gasteiger partial charge in [0.2, 0.25) is 0 Å². The zero-order chi connectivity index (χ0) is 15.5. The summed E-state index contributed by atoms with van der Waals surface area (Å²) in [5.74, 6) is 0.868. The highest BCUT2D eigenvalue weighted by Crippen LogP contribution is 2.36. The van der Waals surface area contributed by atoms with Crippen LogP contribution >= 0.6 is 0 Å². The molecule has 0 saturated carbocycles. The lowest BCUT2D eigenvalue weighted by atomic mass is 9.79. The first kappa shape index (κ1) is 16.3. The molecule has 1 aliphatic rings. The largest absolute Gasteiger partial charge is 0.494 e. The van der Waals surface area contributed by atoms with Crippen LogP contribution in [0.25, 0.3) is 0 Å². The summed E-state index contributed by atoms with van der Waals surface area (Å²) in [6, 6.07) is 7.92. The zero-order valence-electron chi connectivity index (χ0n) is 13.5. The minimum absolute atomic E-state index is 0.310. The van der Waals surface area contributed by atoms with Crippen molar-refractivity contribution >= 4 is 12.6 Å². The lowest BCUT2D eigenvalue weighted by Crippen LogP contribution is -2.41. The van der Waals surface area contributed by atoms with Gasteiger partial charge in [-0.3, -0.25) is 0 Å². The van der Waals surface area contributed by atoms with E-state index in [9.17, 15) is 0 Å². The first-order valence-corrected chi connectivity index (χ1v) is 7.64. The van der Waals surface area contributed by atoms with Gasteiger partial charge in [0, 0.05) is 0 Å². The smallest absolute Gasteiger partial charge is 0.494 e. The van der Waals surface area contributed by atoms with Crippen LogP contribution in [0.2, 0.25) is 0 Å². The number of nitrogens with two attached hydrogens (primary N) is 1. The summed E-state index contributed by atoms with van der Waals surface area (Å²) in [6.07, 6.45) is 1.97. The van der Waals surface area contributed by atoms with Crippen molar-refractivity contribution < 1.29 is 14.0 Å². The number of hydrogen-bond acceptors (Lipinski definition) is 4. The summed E-state index contributed by atoms with van der Waals surface area (Å²) < 4.78 is 17.7. The van der Waals surface area contributed by atoms with Crippen LogP contribution < -0.4 is 15.9 Å². The molecule has 1 saturated heterocycles. The van der Waals surface area contributed by atoms with E-state index in [0.717, 1.165) is 24.1 Å². The van der Waals surface area contributed by atoms with Crippen molar-refractivity contribution in [2.24, 2.45) is 5.73 Å². The number of ether oxygens (including phenoxy) is 1. The molecule has 0 bridgehead atoms. The second-order valence-corrected chi connectivity index (χ2v) is 6.50. The van der Waals surface area contributed by atoms with Crippen LogP contribution in [0.3, 0.4) is 0 Å². The Hall–Kier alpha value is -1.04.